The lowest BCUT2D eigenvalue weighted by Crippen LogP contribution is -2.49. The lowest BCUT2D eigenvalue weighted by atomic mass is 10.0. The molecule has 0 saturated carbocycles. The van der Waals surface area contributed by atoms with Crippen molar-refractivity contribution in [3.8, 4) is 0 Å². The number of carbonyl (C=O) groups is 2. The van der Waals surface area contributed by atoms with E-state index in [1.54, 1.807) is 6.07 Å². The first kappa shape index (κ1) is 24.8. The number of para-hydroxylation sites is 1. The molecular formula is C28H34N4O3. The van der Waals surface area contributed by atoms with Crippen LogP contribution in [0.25, 0.3) is 10.9 Å². The normalized spacial score (nSPS) is 19.1. The number of rotatable bonds is 9. The number of aromatic nitrogens is 1. The van der Waals surface area contributed by atoms with Gasteiger partial charge >= 0.3 is 0 Å². The van der Waals surface area contributed by atoms with Crippen LogP contribution in [0.1, 0.15) is 36.3 Å². The highest BCUT2D eigenvalue weighted by atomic mass is 16.3. The third-order valence-electron chi connectivity index (χ3n) is 6.43. The second-order valence-corrected chi connectivity index (χ2v) is 9.80. The average molecular weight is 475 g/mol. The zero-order valence-corrected chi connectivity index (χ0v) is 20.4. The Morgan fingerprint density at radius 1 is 1.03 bits per heavy atom. The summed E-state index contributed by atoms with van der Waals surface area (Å²) in [5, 5.41) is 17.3. The Balaban J connectivity index is 1.34. The molecule has 7 heteroatoms. The van der Waals surface area contributed by atoms with Crippen LogP contribution in [0, 0.1) is 11.8 Å². The summed E-state index contributed by atoms with van der Waals surface area (Å²) in [5.41, 5.74) is 2.22. The molecule has 1 aliphatic heterocycles. The molecule has 2 amide bonds. The predicted octanol–water partition coefficient (Wildman–Crippen LogP) is 2.99. The Hall–Kier alpha value is -3.29. The number of nitrogens with one attached hydrogen (secondary N) is 2. The standard InChI is InChI=1S/C28H34N4O3/c1-19(2)14-25(31-28(35)24-13-12-21-10-6-7-11-23(21)30-24)27(34)29-15-22-17-32(18-26(22)33)16-20-8-4-3-5-9-20/h3-13,19,22,25-26,33H,14-18H2,1-2H3,(H,29,34)(H,31,35)/t22?,25-,26?/m0/s1. The van der Waals surface area contributed by atoms with Gasteiger partial charge in [-0.25, -0.2) is 4.98 Å². The minimum atomic E-state index is -0.672. The molecule has 3 atom stereocenters. The molecule has 1 saturated heterocycles. The second kappa shape index (κ2) is 11.4. The lowest BCUT2D eigenvalue weighted by molar-refractivity contribution is -0.123. The molecule has 1 aromatic heterocycles. The number of carbonyl (C=O) groups excluding carboxylic acids is 2. The highest BCUT2D eigenvalue weighted by Crippen LogP contribution is 2.19. The van der Waals surface area contributed by atoms with Gasteiger partial charge in [0.15, 0.2) is 0 Å². The monoisotopic (exact) mass is 474 g/mol. The van der Waals surface area contributed by atoms with Crippen LogP contribution < -0.4 is 10.6 Å². The first-order chi connectivity index (χ1) is 16.9. The lowest BCUT2D eigenvalue weighted by Gasteiger charge is -2.22. The first-order valence-corrected chi connectivity index (χ1v) is 12.3. The minimum absolute atomic E-state index is 0.0554. The molecular weight excluding hydrogens is 440 g/mol. The van der Waals surface area contributed by atoms with Crippen molar-refractivity contribution in [3.05, 3.63) is 78.0 Å². The molecule has 7 nitrogen and oxygen atoms in total. The number of aliphatic hydroxyl groups excluding tert-OH is 1. The number of hydrogen-bond acceptors (Lipinski definition) is 5. The van der Waals surface area contributed by atoms with E-state index in [2.05, 4.69) is 32.7 Å². The van der Waals surface area contributed by atoms with Crippen molar-refractivity contribution in [1.82, 2.24) is 20.5 Å². The molecule has 0 radical (unpaired) electrons. The summed E-state index contributed by atoms with van der Waals surface area (Å²) in [6.07, 6.45) is 0.0114. The van der Waals surface area contributed by atoms with Gasteiger partial charge < -0.3 is 15.7 Å². The molecule has 2 unspecified atom stereocenters. The van der Waals surface area contributed by atoms with Crippen LogP contribution in [0.4, 0.5) is 0 Å². The van der Waals surface area contributed by atoms with Gasteiger partial charge in [0.25, 0.3) is 5.91 Å². The Kier molecular flexibility index (Phi) is 8.10. The van der Waals surface area contributed by atoms with E-state index in [-0.39, 0.29) is 29.3 Å². The summed E-state index contributed by atoms with van der Waals surface area (Å²) in [7, 11) is 0. The Morgan fingerprint density at radius 3 is 2.54 bits per heavy atom. The van der Waals surface area contributed by atoms with Crippen molar-refractivity contribution in [3.63, 3.8) is 0 Å². The van der Waals surface area contributed by atoms with Gasteiger partial charge in [-0.15, -0.1) is 0 Å². The van der Waals surface area contributed by atoms with Crippen LogP contribution in [0.15, 0.2) is 66.7 Å². The van der Waals surface area contributed by atoms with E-state index in [4.69, 9.17) is 0 Å². The number of likely N-dealkylation sites (tertiary alicyclic amines) is 1. The Labute approximate surface area is 206 Å². The predicted molar refractivity (Wildman–Crippen MR) is 137 cm³/mol. The van der Waals surface area contributed by atoms with Crippen molar-refractivity contribution in [1.29, 1.82) is 0 Å². The molecule has 0 spiro atoms. The van der Waals surface area contributed by atoms with E-state index >= 15 is 0 Å². The number of pyridine rings is 1. The van der Waals surface area contributed by atoms with Crippen LogP contribution in [-0.4, -0.2) is 58.6 Å². The molecule has 35 heavy (non-hydrogen) atoms. The molecule has 4 rings (SSSR count). The van der Waals surface area contributed by atoms with Gasteiger partial charge in [0.1, 0.15) is 11.7 Å². The molecule has 2 aromatic carbocycles. The molecule has 2 heterocycles. The highest BCUT2D eigenvalue weighted by molar-refractivity contribution is 5.97. The first-order valence-electron chi connectivity index (χ1n) is 12.3. The number of fused-ring (bicyclic) bond motifs is 1. The quantitative estimate of drug-likeness (QED) is 0.443. The summed E-state index contributed by atoms with van der Waals surface area (Å²) in [4.78, 5) is 32.6. The fourth-order valence-electron chi connectivity index (χ4n) is 4.60. The molecule has 1 aliphatic rings. The van der Waals surface area contributed by atoms with Gasteiger partial charge in [0.2, 0.25) is 5.91 Å². The third-order valence-corrected chi connectivity index (χ3v) is 6.43. The highest BCUT2D eigenvalue weighted by Gasteiger charge is 2.32. The number of hydrogen-bond donors (Lipinski definition) is 3. The van der Waals surface area contributed by atoms with E-state index in [9.17, 15) is 14.7 Å². The maximum atomic E-state index is 13.1. The summed E-state index contributed by atoms with van der Waals surface area (Å²) in [6.45, 7) is 6.46. The Bertz CT molecular complexity index is 1150. The number of aliphatic hydroxyl groups is 1. The largest absolute Gasteiger partial charge is 0.391 e. The number of amides is 2. The fraction of sp³-hybridized carbons (Fsp3) is 0.393. The van der Waals surface area contributed by atoms with Gasteiger partial charge in [-0.3, -0.25) is 14.5 Å². The third kappa shape index (κ3) is 6.65. The molecule has 0 bridgehead atoms. The Morgan fingerprint density at radius 2 is 1.77 bits per heavy atom. The summed E-state index contributed by atoms with van der Waals surface area (Å²) in [5.74, 6) is -0.442. The van der Waals surface area contributed by atoms with Crippen molar-refractivity contribution >= 4 is 22.7 Å². The van der Waals surface area contributed by atoms with Crippen LogP contribution in [0.2, 0.25) is 0 Å². The van der Waals surface area contributed by atoms with Crippen molar-refractivity contribution < 1.29 is 14.7 Å². The average Bonchev–Trinajstić information content (AvgIpc) is 3.20. The molecule has 3 aromatic rings. The van der Waals surface area contributed by atoms with Crippen LogP contribution in [0.3, 0.4) is 0 Å². The minimum Gasteiger partial charge on any atom is -0.391 e. The van der Waals surface area contributed by atoms with Crippen LogP contribution >= 0.6 is 0 Å². The second-order valence-electron chi connectivity index (χ2n) is 9.80. The molecule has 0 aliphatic carbocycles. The SMILES string of the molecule is CC(C)C[C@H](NC(=O)c1ccc2ccccc2n1)C(=O)NCC1CN(Cc2ccccc2)CC1O. The summed E-state index contributed by atoms with van der Waals surface area (Å²) < 4.78 is 0. The van der Waals surface area contributed by atoms with Gasteiger partial charge in [0.05, 0.1) is 11.6 Å². The van der Waals surface area contributed by atoms with Gasteiger partial charge in [-0.2, -0.15) is 0 Å². The fourth-order valence-corrected chi connectivity index (χ4v) is 4.60. The van der Waals surface area contributed by atoms with E-state index in [1.807, 2.05) is 62.4 Å². The van der Waals surface area contributed by atoms with Gasteiger partial charge in [-0.05, 0) is 30.0 Å². The molecule has 1 fully saturated rings. The maximum absolute atomic E-state index is 13.1. The maximum Gasteiger partial charge on any atom is 0.270 e. The topological polar surface area (TPSA) is 94.6 Å². The van der Waals surface area contributed by atoms with E-state index in [0.717, 1.165) is 17.4 Å². The molecule has 184 valence electrons. The van der Waals surface area contributed by atoms with Gasteiger partial charge in [-0.1, -0.05) is 68.4 Å². The van der Waals surface area contributed by atoms with Gasteiger partial charge in [0, 0.05) is 37.5 Å². The number of β-amino-alcohol motifs (C(OH)–C–C–N with tert-alkyl or cyclic N) is 1. The van der Waals surface area contributed by atoms with E-state index in [0.29, 0.717) is 26.1 Å². The summed E-state index contributed by atoms with van der Waals surface area (Å²) in [6, 6.07) is 20.6. The van der Waals surface area contributed by atoms with E-state index < -0.39 is 12.1 Å². The zero-order valence-electron chi connectivity index (χ0n) is 20.4. The number of nitrogens with zero attached hydrogens (tertiary/aromatic N) is 2. The van der Waals surface area contributed by atoms with E-state index in [1.165, 1.54) is 5.56 Å². The molecule has 3 N–H and O–H groups in total. The van der Waals surface area contributed by atoms with Crippen molar-refractivity contribution in [2.75, 3.05) is 19.6 Å². The number of benzene rings is 2. The van der Waals surface area contributed by atoms with Crippen molar-refractivity contribution in [2.24, 2.45) is 11.8 Å². The van der Waals surface area contributed by atoms with Crippen molar-refractivity contribution in [2.45, 2.75) is 39.0 Å². The summed E-state index contributed by atoms with van der Waals surface area (Å²) >= 11 is 0. The smallest absolute Gasteiger partial charge is 0.270 e. The van der Waals surface area contributed by atoms with Crippen LogP contribution in [0.5, 0.6) is 0 Å². The zero-order chi connectivity index (χ0) is 24.8. The van der Waals surface area contributed by atoms with Crippen LogP contribution in [-0.2, 0) is 11.3 Å².